The third-order valence-electron chi connectivity index (χ3n) is 1.55. The Morgan fingerprint density at radius 1 is 0.867 bits per heavy atom. The van der Waals surface area contributed by atoms with Crippen LogP contribution in [0.5, 0.6) is 0 Å². The summed E-state index contributed by atoms with van der Waals surface area (Å²) in [7, 11) is 1.64. The van der Waals surface area contributed by atoms with E-state index in [9.17, 15) is 0 Å². The van der Waals surface area contributed by atoms with Crippen molar-refractivity contribution in [3.8, 4) is 0 Å². The Morgan fingerprint density at radius 2 is 1.40 bits per heavy atom. The number of halogens is 3. The van der Waals surface area contributed by atoms with Crippen LogP contribution in [0.25, 0.3) is 0 Å². The third kappa shape index (κ3) is 15.0. The van der Waals surface area contributed by atoms with Gasteiger partial charge in [0.05, 0.1) is 26.4 Å². The number of hydrogen-bond donors (Lipinski definition) is 0. The Balaban J connectivity index is 2.99. The summed E-state index contributed by atoms with van der Waals surface area (Å²) in [5.74, 6) is 0. The lowest BCUT2D eigenvalue weighted by Crippen LogP contribution is -2.12. The molecule has 0 aromatic rings. The molecule has 0 aromatic heterocycles. The Morgan fingerprint density at radius 3 is 1.93 bits per heavy atom. The molecule has 3 nitrogen and oxygen atoms in total. The van der Waals surface area contributed by atoms with E-state index < -0.39 is 6.00 Å². The van der Waals surface area contributed by atoms with Crippen LogP contribution in [0, 0.1) is 0 Å². The molecule has 0 saturated heterocycles. The number of hydrogen-bond acceptors (Lipinski definition) is 3. The lowest BCUT2D eigenvalue weighted by molar-refractivity contribution is 0.0250. The molecule has 0 radical (unpaired) electrons. The van der Waals surface area contributed by atoms with Gasteiger partial charge in [-0.2, -0.15) is 0 Å². The van der Waals surface area contributed by atoms with E-state index in [1.54, 1.807) is 7.11 Å². The maximum atomic E-state index is 5.71. The van der Waals surface area contributed by atoms with Crippen LogP contribution in [0.2, 0.25) is 6.04 Å². The molecule has 0 N–H and O–H groups in total. The molecule has 0 atom stereocenters. The van der Waals surface area contributed by atoms with Crippen molar-refractivity contribution in [2.45, 2.75) is 12.5 Å². The summed E-state index contributed by atoms with van der Waals surface area (Å²) in [6.07, 6.45) is 0.792. The van der Waals surface area contributed by atoms with Crippen molar-refractivity contribution in [1.29, 1.82) is 0 Å². The van der Waals surface area contributed by atoms with Crippen molar-refractivity contribution >= 4 is 39.2 Å². The van der Waals surface area contributed by atoms with Gasteiger partial charge in [0.25, 0.3) is 0 Å². The summed E-state index contributed by atoms with van der Waals surface area (Å²) in [6.45, 7) is 2.98. The minimum Gasteiger partial charge on any atom is -0.382 e. The fourth-order valence-corrected chi connectivity index (χ4v) is 2.59. The summed E-state index contributed by atoms with van der Waals surface area (Å²) in [4.78, 5) is 0. The van der Waals surface area contributed by atoms with E-state index in [4.69, 9.17) is 47.4 Å². The molecular formula is C8H17Cl3O3Si. The normalized spacial score (nSPS) is 12.0. The van der Waals surface area contributed by atoms with Crippen LogP contribution in [0.1, 0.15) is 6.42 Å². The number of ether oxygens (including phenoxy) is 3. The SMILES string of the molecule is COCCOCCOCCC[Si](Cl)(Cl)Cl. The van der Waals surface area contributed by atoms with Crippen LogP contribution >= 0.6 is 33.2 Å². The van der Waals surface area contributed by atoms with Crippen LogP contribution in [0.3, 0.4) is 0 Å². The molecule has 0 aliphatic carbocycles. The van der Waals surface area contributed by atoms with Crippen LogP contribution < -0.4 is 0 Å². The van der Waals surface area contributed by atoms with Crippen molar-refractivity contribution in [1.82, 2.24) is 0 Å². The first kappa shape index (κ1) is 16.0. The summed E-state index contributed by atoms with van der Waals surface area (Å²) in [5.41, 5.74) is 0. The molecule has 0 amide bonds. The van der Waals surface area contributed by atoms with Gasteiger partial charge >= 0.3 is 6.00 Å². The second-order valence-corrected chi connectivity index (χ2v) is 12.2. The molecule has 0 aliphatic rings. The zero-order chi connectivity index (χ0) is 11.6. The van der Waals surface area contributed by atoms with Crippen LogP contribution in [-0.4, -0.2) is 46.1 Å². The fraction of sp³-hybridized carbons (Fsp3) is 1.00. The maximum absolute atomic E-state index is 5.71. The van der Waals surface area contributed by atoms with E-state index >= 15 is 0 Å². The molecule has 0 unspecified atom stereocenters. The largest absolute Gasteiger partial charge is 0.382 e. The van der Waals surface area contributed by atoms with Gasteiger partial charge in [0.15, 0.2) is 0 Å². The summed E-state index contributed by atoms with van der Waals surface area (Å²) in [5, 5.41) is 0. The Hall–Kier alpha value is 0.967. The zero-order valence-electron chi connectivity index (χ0n) is 8.81. The van der Waals surface area contributed by atoms with E-state index in [2.05, 4.69) is 0 Å². The van der Waals surface area contributed by atoms with Crippen molar-refractivity contribution < 1.29 is 14.2 Å². The molecule has 92 valence electrons. The first-order valence-corrected chi connectivity index (χ1v) is 10.0. The highest BCUT2D eigenvalue weighted by molar-refractivity contribution is 7.64. The monoisotopic (exact) mass is 294 g/mol. The highest BCUT2D eigenvalue weighted by atomic mass is 35.8. The van der Waals surface area contributed by atoms with Gasteiger partial charge in [0.2, 0.25) is 0 Å². The summed E-state index contributed by atoms with van der Waals surface area (Å²) < 4.78 is 15.3. The molecule has 0 heterocycles. The fourth-order valence-electron chi connectivity index (χ4n) is 0.839. The topological polar surface area (TPSA) is 27.7 Å². The minimum atomic E-state index is -2.45. The number of methoxy groups -OCH3 is 1. The molecule has 15 heavy (non-hydrogen) atoms. The average Bonchev–Trinajstić information content (AvgIpc) is 2.14. The van der Waals surface area contributed by atoms with Crippen LogP contribution in [0.15, 0.2) is 0 Å². The van der Waals surface area contributed by atoms with Crippen LogP contribution in [0.4, 0.5) is 0 Å². The smallest absolute Gasteiger partial charge is 0.341 e. The van der Waals surface area contributed by atoms with E-state index in [1.165, 1.54) is 0 Å². The lowest BCUT2D eigenvalue weighted by Gasteiger charge is -2.08. The van der Waals surface area contributed by atoms with Gasteiger partial charge in [-0.25, -0.2) is 0 Å². The van der Waals surface area contributed by atoms with Gasteiger partial charge in [0, 0.05) is 13.7 Å². The van der Waals surface area contributed by atoms with Gasteiger partial charge in [-0.3, -0.25) is 0 Å². The second kappa shape index (κ2) is 10.1. The molecule has 0 bridgehead atoms. The van der Waals surface area contributed by atoms with E-state index in [1.807, 2.05) is 0 Å². The van der Waals surface area contributed by atoms with E-state index in [-0.39, 0.29) is 0 Å². The molecular weight excluding hydrogens is 279 g/mol. The summed E-state index contributed by atoms with van der Waals surface area (Å²) >= 11 is 17.1. The second-order valence-electron chi connectivity index (χ2n) is 2.94. The standard InChI is InChI=1S/C8H17Cl3O3Si/c1-12-4-5-14-7-6-13-3-2-8-15(9,10)11/h2-8H2,1H3. The maximum Gasteiger partial charge on any atom is 0.341 e. The highest BCUT2D eigenvalue weighted by Crippen LogP contribution is 2.26. The van der Waals surface area contributed by atoms with E-state index in [0.29, 0.717) is 39.1 Å². The van der Waals surface area contributed by atoms with Crippen molar-refractivity contribution in [3.63, 3.8) is 0 Å². The zero-order valence-corrected chi connectivity index (χ0v) is 12.1. The van der Waals surface area contributed by atoms with E-state index in [0.717, 1.165) is 6.42 Å². The lowest BCUT2D eigenvalue weighted by atomic mass is 10.5. The molecule has 0 fully saturated rings. The molecule has 0 spiro atoms. The van der Waals surface area contributed by atoms with Gasteiger partial charge in [-0.15, -0.1) is 33.2 Å². The number of rotatable bonds is 10. The Bertz CT molecular complexity index is 144. The van der Waals surface area contributed by atoms with Gasteiger partial charge in [0.1, 0.15) is 0 Å². The summed E-state index contributed by atoms with van der Waals surface area (Å²) in [6, 6.07) is -1.81. The predicted octanol–water partition coefficient (Wildman–Crippen LogP) is 2.71. The van der Waals surface area contributed by atoms with Crippen molar-refractivity contribution in [2.24, 2.45) is 0 Å². The molecule has 0 saturated carbocycles. The highest BCUT2D eigenvalue weighted by Gasteiger charge is 2.23. The van der Waals surface area contributed by atoms with Gasteiger partial charge < -0.3 is 14.2 Å². The molecule has 7 heteroatoms. The quantitative estimate of drug-likeness (QED) is 0.352. The van der Waals surface area contributed by atoms with Gasteiger partial charge in [-0.05, 0) is 12.5 Å². The van der Waals surface area contributed by atoms with Crippen molar-refractivity contribution in [3.05, 3.63) is 0 Å². The predicted molar refractivity (Wildman–Crippen MR) is 66.3 cm³/mol. The average molecular weight is 296 g/mol. The first-order chi connectivity index (χ1) is 7.06. The molecule has 0 aliphatic heterocycles. The molecule has 0 aromatic carbocycles. The van der Waals surface area contributed by atoms with Crippen LogP contribution in [-0.2, 0) is 14.2 Å². The Kier molecular flexibility index (Phi) is 10.8. The minimum absolute atomic E-state index is 0.575. The van der Waals surface area contributed by atoms with Crippen molar-refractivity contribution in [2.75, 3.05) is 40.1 Å². The first-order valence-electron chi connectivity index (χ1n) is 4.77. The third-order valence-corrected chi connectivity index (χ3v) is 4.17. The van der Waals surface area contributed by atoms with Gasteiger partial charge in [-0.1, -0.05) is 0 Å². The molecule has 0 rings (SSSR count). The Labute approximate surface area is 106 Å².